The molecule has 15 heavy (non-hydrogen) atoms. The summed E-state index contributed by atoms with van der Waals surface area (Å²) in [5.41, 5.74) is 1.36. The summed E-state index contributed by atoms with van der Waals surface area (Å²) >= 11 is 0. The van der Waals surface area contributed by atoms with Gasteiger partial charge in [0.25, 0.3) is 0 Å². The quantitative estimate of drug-likeness (QED) is 0.822. The molecule has 1 aliphatic rings. The number of rotatable bonds is 3. The second-order valence-electron chi connectivity index (χ2n) is 4.02. The molecule has 0 radical (unpaired) electrons. The van der Waals surface area contributed by atoms with Crippen LogP contribution in [0.5, 0.6) is 0 Å². The molecule has 1 aromatic rings. The van der Waals surface area contributed by atoms with Crippen LogP contribution in [0.1, 0.15) is 24.0 Å². The van der Waals surface area contributed by atoms with Crippen LogP contribution in [-0.4, -0.2) is 23.1 Å². The van der Waals surface area contributed by atoms with E-state index in [-0.39, 0.29) is 12.4 Å². The van der Waals surface area contributed by atoms with Crippen LogP contribution in [0.4, 0.5) is 4.39 Å². The third-order valence-corrected chi connectivity index (χ3v) is 2.97. The molecule has 2 nitrogen and oxygen atoms in total. The Kier molecular flexibility index (Phi) is 3.34. The van der Waals surface area contributed by atoms with Crippen molar-refractivity contribution in [3.05, 3.63) is 35.1 Å². The summed E-state index contributed by atoms with van der Waals surface area (Å²) in [7, 11) is 0. The minimum Gasteiger partial charge on any atom is -0.392 e. The van der Waals surface area contributed by atoms with Gasteiger partial charge in [0.05, 0.1) is 6.61 Å². The van der Waals surface area contributed by atoms with E-state index in [4.69, 9.17) is 5.11 Å². The molecule has 1 saturated heterocycles. The lowest BCUT2D eigenvalue weighted by Crippen LogP contribution is -2.19. The van der Waals surface area contributed by atoms with E-state index < -0.39 is 0 Å². The highest BCUT2D eigenvalue weighted by atomic mass is 19.1. The first-order valence-corrected chi connectivity index (χ1v) is 5.41. The minimum atomic E-state index is -0.297. The SMILES string of the molecule is OCc1c(F)cccc1CN1CCCC1. The molecule has 0 amide bonds. The summed E-state index contributed by atoms with van der Waals surface area (Å²) in [6.45, 7) is 2.71. The topological polar surface area (TPSA) is 23.5 Å². The Hall–Kier alpha value is -0.930. The van der Waals surface area contributed by atoms with Gasteiger partial charge in [-0.3, -0.25) is 4.90 Å². The number of benzene rings is 1. The van der Waals surface area contributed by atoms with E-state index in [9.17, 15) is 4.39 Å². The monoisotopic (exact) mass is 209 g/mol. The minimum absolute atomic E-state index is 0.212. The number of halogens is 1. The Morgan fingerprint density at radius 2 is 2.00 bits per heavy atom. The third kappa shape index (κ3) is 2.36. The number of likely N-dealkylation sites (tertiary alicyclic amines) is 1. The van der Waals surface area contributed by atoms with Crippen molar-refractivity contribution in [3.8, 4) is 0 Å². The fourth-order valence-corrected chi connectivity index (χ4v) is 2.11. The predicted molar refractivity (Wildman–Crippen MR) is 56.8 cm³/mol. The first-order valence-electron chi connectivity index (χ1n) is 5.41. The second-order valence-corrected chi connectivity index (χ2v) is 4.02. The highest BCUT2D eigenvalue weighted by Crippen LogP contribution is 2.18. The molecule has 0 bridgehead atoms. The van der Waals surface area contributed by atoms with Crippen molar-refractivity contribution in [2.75, 3.05) is 13.1 Å². The molecular formula is C12H16FNO. The summed E-state index contributed by atoms with van der Waals surface area (Å²) in [6.07, 6.45) is 2.45. The zero-order chi connectivity index (χ0) is 10.7. The summed E-state index contributed by atoms with van der Waals surface area (Å²) in [4.78, 5) is 2.30. The first kappa shape index (κ1) is 10.6. The molecule has 1 N–H and O–H groups in total. The van der Waals surface area contributed by atoms with Crippen molar-refractivity contribution < 1.29 is 9.50 Å². The van der Waals surface area contributed by atoms with Crippen LogP contribution in [0.3, 0.4) is 0 Å². The summed E-state index contributed by atoms with van der Waals surface area (Å²) in [5, 5.41) is 9.11. The van der Waals surface area contributed by atoms with Gasteiger partial charge in [-0.05, 0) is 37.6 Å². The number of aliphatic hydroxyl groups excluding tert-OH is 1. The molecule has 1 heterocycles. The Morgan fingerprint density at radius 1 is 1.27 bits per heavy atom. The van der Waals surface area contributed by atoms with Gasteiger partial charge in [0, 0.05) is 12.1 Å². The Labute approximate surface area is 89.3 Å². The van der Waals surface area contributed by atoms with Crippen LogP contribution in [0, 0.1) is 5.82 Å². The maximum atomic E-state index is 13.3. The Morgan fingerprint density at radius 3 is 2.67 bits per heavy atom. The van der Waals surface area contributed by atoms with Gasteiger partial charge in [-0.25, -0.2) is 4.39 Å². The van der Waals surface area contributed by atoms with Gasteiger partial charge < -0.3 is 5.11 Å². The molecule has 1 aliphatic heterocycles. The van der Waals surface area contributed by atoms with Gasteiger partial charge in [-0.1, -0.05) is 12.1 Å². The van der Waals surface area contributed by atoms with Crippen molar-refractivity contribution in [1.82, 2.24) is 4.90 Å². The second kappa shape index (κ2) is 4.73. The maximum Gasteiger partial charge on any atom is 0.129 e. The molecule has 82 valence electrons. The van der Waals surface area contributed by atoms with Crippen LogP contribution in [-0.2, 0) is 13.2 Å². The van der Waals surface area contributed by atoms with E-state index in [1.807, 2.05) is 6.07 Å². The average Bonchev–Trinajstić information content (AvgIpc) is 2.71. The van der Waals surface area contributed by atoms with E-state index in [1.165, 1.54) is 18.9 Å². The van der Waals surface area contributed by atoms with Crippen LogP contribution in [0.2, 0.25) is 0 Å². The van der Waals surface area contributed by atoms with Gasteiger partial charge in [0.2, 0.25) is 0 Å². The van der Waals surface area contributed by atoms with E-state index >= 15 is 0 Å². The predicted octanol–water partition coefficient (Wildman–Crippen LogP) is 1.91. The highest BCUT2D eigenvalue weighted by Gasteiger charge is 2.14. The molecular weight excluding hydrogens is 193 g/mol. The summed E-state index contributed by atoms with van der Waals surface area (Å²) < 4.78 is 13.3. The van der Waals surface area contributed by atoms with Crippen LogP contribution in [0.25, 0.3) is 0 Å². The summed E-state index contributed by atoms with van der Waals surface area (Å²) in [5.74, 6) is -0.297. The van der Waals surface area contributed by atoms with Crippen molar-refractivity contribution in [3.63, 3.8) is 0 Å². The normalized spacial score (nSPS) is 17.2. The smallest absolute Gasteiger partial charge is 0.129 e. The third-order valence-electron chi connectivity index (χ3n) is 2.97. The molecule has 0 aliphatic carbocycles. The summed E-state index contributed by atoms with van der Waals surface area (Å²) in [6, 6.07) is 5.01. The van der Waals surface area contributed by atoms with Gasteiger partial charge >= 0.3 is 0 Å². The molecule has 0 unspecified atom stereocenters. The Balaban J connectivity index is 2.15. The lowest BCUT2D eigenvalue weighted by atomic mass is 10.1. The van der Waals surface area contributed by atoms with Crippen LogP contribution in [0.15, 0.2) is 18.2 Å². The zero-order valence-electron chi connectivity index (χ0n) is 8.75. The van der Waals surface area contributed by atoms with E-state index in [0.29, 0.717) is 5.56 Å². The molecule has 0 atom stereocenters. The van der Waals surface area contributed by atoms with Crippen molar-refractivity contribution in [1.29, 1.82) is 0 Å². The number of hydrogen-bond acceptors (Lipinski definition) is 2. The van der Waals surface area contributed by atoms with Gasteiger partial charge in [0.15, 0.2) is 0 Å². The van der Waals surface area contributed by atoms with Crippen LogP contribution >= 0.6 is 0 Å². The Bertz CT molecular complexity index is 334. The maximum absolute atomic E-state index is 13.3. The van der Waals surface area contributed by atoms with Crippen LogP contribution < -0.4 is 0 Å². The van der Waals surface area contributed by atoms with Crippen molar-refractivity contribution in [2.45, 2.75) is 26.0 Å². The molecule has 0 aromatic heterocycles. The number of aliphatic hydroxyl groups is 1. The molecule has 0 saturated carbocycles. The van der Waals surface area contributed by atoms with E-state index in [2.05, 4.69) is 4.90 Å². The largest absolute Gasteiger partial charge is 0.392 e. The van der Waals surface area contributed by atoms with Crippen molar-refractivity contribution >= 4 is 0 Å². The molecule has 0 spiro atoms. The molecule has 1 fully saturated rings. The molecule has 2 rings (SSSR count). The fourth-order valence-electron chi connectivity index (χ4n) is 2.11. The zero-order valence-corrected chi connectivity index (χ0v) is 8.75. The van der Waals surface area contributed by atoms with Gasteiger partial charge in [-0.15, -0.1) is 0 Å². The standard InChI is InChI=1S/C12H16FNO/c13-12-5-3-4-10(11(12)9-15)8-14-6-1-2-7-14/h3-5,15H,1-2,6-9H2. The van der Waals surface area contributed by atoms with E-state index in [1.54, 1.807) is 6.07 Å². The fraction of sp³-hybridized carbons (Fsp3) is 0.500. The molecule has 1 aromatic carbocycles. The number of nitrogens with zero attached hydrogens (tertiary/aromatic N) is 1. The van der Waals surface area contributed by atoms with Gasteiger partial charge in [-0.2, -0.15) is 0 Å². The number of hydrogen-bond donors (Lipinski definition) is 1. The highest BCUT2D eigenvalue weighted by molar-refractivity contribution is 5.28. The first-order chi connectivity index (χ1) is 7.31. The molecule has 3 heteroatoms. The van der Waals surface area contributed by atoms with Crippen molar-refractivity contribution in [2.24, 2.45) is 0 Å². The van der Waals surface area contributed by atoms with Gasteiger partial charge in [0.1, 0.15) is 5.82 Å². The average molecular weight is 209 g/mol. The van der Waals surface area contributed by atoms with E-state index in [0.717, 1.165) is 25.2 Å². The lowest BCUT2D eigenvalue weighted by molar-refractivity contribution is 0.268. The lowest BCUT2D eigenvalue weighted by Gasteiger charge is -2.16.